The Kier molecular flexibility index (Phi) is 4.42. The molecular formula is C15H15FN2O2. The van der Waals surface area contributed by atoms with Gasteiger partial charge in [0.2, 0.25) is 0 Å². The van der Waals surface area contributed by atoms with Crippen LogP contribution in [0.2, 0.25) is 0 Å². The second-order valence-corrected chi connectivity index (χ2v) is 4.49. The average Bonchev–Trinajstić information content (AvgIpc) is 2.46. The Balaban J connectivity index is 2.22. The lowest BCUT2D eigenvalue weighted by atomic mass is 9.98. The summed E-state index contributed by atoms with van der Waals surface area (Å²) >= 11 is 0. The highest BCUT2D eigenvalue weighted by atomic mass is 19.1. The van der Waals surface area contributed by atoms with Crippen LogP contribution in [0.1, 0.15) is 17.2 Å². The number of non-ortho nitro benzene ring substituents is 1. The van der Waals surface area contributed by atoms with E-state index < -0.39 is 10.7 Å². The summed E-state index contributed by atoms with van der Waals surface area (Å²) in [5, 5.41) is 13.7. The number of benzene rings is 2. The molecule has 104 valence electrons. The van der Waals surface area contributed by atoms with Gasteiger partial charge in [-0.25, -0.2) is 4.39 Å². The number of halogens is 1. The summed E-state index contributed by atoms with van der Waals surface area (Å²) < 4.78 is 13.9. The van der Waals surface area contributed by atoms with E-state index in [1.54, 1.807) is 7.05 Å². The zero-order valence-corrected chi connectivity index (χ0v) is 11.0. The van der Waals surface area contributed by atoms with Gasteiger partial charge in [-0.1, -0.05) is 30.3 Å². The van der Waals surface area contributed by atoms with Crippen LogP contribution in [0.4, 0.5) is 10.1 Å². The van der Waals surface area contributed by atoms with Crippen LogP contribution in [0, 0.1) is 15.9 Å². The number of nitro groups is 1. The molecule has 0 aromatic heterocycles. The highest BCUT2D eigenvalue weighted by Crippen LogP contribution is 2.22. The third-order valence-corrected chi connectivity index (χ3v) is 3.22. The minimum Gasteiger partial charge on any atom is -0.313 e. The van der Waals surface area contributed by atoms with Crippen molar-refractivity contribution in [2.75, 3.05) is 7.05 Å². The Morgan fingerprint density at radius 1 is 1.25 bits per heavy atom. The molecular weight excluding hydrogens is 259 g/mol. The van der Waals surface area contributed by atoms with Crippen molar-refractivity contribution in [2.24, 2.45) is 0 Å². The number of rotatable bonds is 5. The molecule has 0 aliphatic rings. The van der Waals surface area contributed by atoms with E-state index in [9.17, 15) is 14.5 Å². The fourth-order valence-electron chi connectivity index (χ4n) is 2.11. The van der Waals surface area contributed by atoms with Crippen LogP contribution in [0.5, 0.6) is 0 Å². The molecule has 2 rings (SSSR count). The van der Waals surface area contributed by atoms with E-state index >= 15 is 0 Å². The molecule has 0 aliphatic heterocycles. The number of nitrogens with zero attached hydrogens (tertiary/aromatic N) is 1. The van der Waals surface area contributed by atoms with Gasteiger partial charge < -0.3 is 5.32 Å². The van der Waals surface area contributed by atoms with Crippen LogP contribution in [0.25, 0.3) is 0 Å². The molecule has 2 aromatic rings. The smallest absolute Gasteiger partial charge is 0.272 e. The molecule has 1 unspecified atom stereocenters. The number of hydrogen-bond donors (Lipinski definition) is 1. The maximum absolute atomic E-state index is 13.9. The van der Waals surface area contributed by atoms with Crippen LogP contribution < -0.4 is 5.32 Å². The molecule has 0 amide bonds. The van der Waals surface area contributed by atoms with Gasteiger partial charge in [0.1, 0.15) is 5.82 Å². The molecule has 20 heavy (non-hydrogen) atoms. The number of hydrogen-bond acceptors (Lipinski definition) is 3. The zero-order chi connectivity index (χ0) is 14.5. The molecule has 0 heterocycles. The summed E-state index contributed by atoms with van der Waals surface area (Å²) in [5.41, 5.74) is 1.28. The summed E-state index contributed by atoms with van der Waals surface area (Å²) in [4.78, 5) is 9.99. The van der Waals surface area contributed by atoms with E-state index in [-0.39, 0.29) is 11.7 Å². The Hall–Kier alpha value is -2.27. The quantitative estimate of drug-likeness (QED) is 0.672. The number of likely N-dealkylation sites (N-methyl/N-ethyl adjacent to an activating group) is 1. The SMILES string of the molecule is CNC(Cc1ccc([N+](=O)[O-])cc1F)c1ccccc1. The lowest BCUT2D eigenvalue weighted by Gasteiger charge is -2.17. The predicted molar refractivity (Wildman–Crippen MR) is 75.0 cm³/mol. The summed E-state index contributed by atoms with van der Waals surface area (Å²) in [6.07, 6.45) is 0.435. The first-order valence-corrected chi connectivity index (χ1v) is 6.27. The van der Waals surface area contributed by atoms with Crippen molar-refractivity contribution in [1.29, 1.82) is 0 Å². The summed E-state index contributed by atoms with van der Waals surface area (Å²) in [7, 11) is 1.81. The number of nitro benzene ring substituents is 1. The van der Waals surface area contributed by atoms with Gasteiger partial charge in [-0.05, 0) is 30.7 Å². The Morgan fingerprint density at radius 2 is 1.95 bits per heavy atom. The molecule has 0 saturated carbocycles. The standard InChI is InChI=1S/C15H15FN2O2/c1-17-15(11-5-3-2-4-6-11)9-12-7-8-13(18(19)20)10-14(12)16/h2-8,10,15,17H,9H2,1H3. The van der Waals surface area contributed by atoms with Gasteiger partial charge in [0, 0.05) is 12.1 Å². The lowest BCUT2D eigenvalue weighted by Crippen LogP contribution is -2.19. The molecule has 0 saturated heterocycles. The average molecular weight is 274 g/mol. The van der Waals surface area contributed by atoms with E-state index in [0.29, 0.717) is 12.0 Å². The Morgan fingerprint density at radius 3 is 2.50 bits per heavy atom. The second-order valence-electron chi connectivity index (χ2n) is 4.49. The Bertz CT molecular complexity index is 602. The van der Waals surface area contributed by atoms with Crippen molar-refractivity contribution in [3.8, 4) is 0 Å². The maximum atomic E-state index is 13.9. The van der Waals surface area contributed by atoms with E-state index in [0.717, 1.165) is 11.6 Å². The molecule has 1 atom stereocenters. The molecule has 0 aliphatic carbocycles. The van der Waals surface area contributed by atoms with Gasteiger partial charge in [0.05, 0.1) is 11.0 Å². The minimum atomic E-state index is -0.598. The van der Waals surface area contributed by atoms with Crippen LogP contribution >= 0.6 is 0 Å². The lowest BCUT2D eigenvalue weighted by molar-refractivity contribution is -0.385. The van der Waals surface area contributed by atoms with Crippen molar-refractivity contribution < 1.29 is 9.31 Å². The van der Waals surface area contributed by atoms with Gasteiger partial charge in [-0.2, -0.15) is 0 Å². The van der Waals surface area contributed by atoms with Crippen molar-refractivity contribution in [1.82, 2.24) is 5.32 Å². The van der Waals surface area contributed by atoms with Gasteiger partial charge in [0.25, 0.3) is 5.69 Å². The van der Waals surface area contributed by atoms with Gasteiger partial charge in [-0.15, -0.1) is 0 Å². The van der Waals surface area contributed by atoms with Crippen molar-refractivity contribution in [2.45, 2.75) is 12.5 Å². The van der Waals surface area contributed by atoms with Gasteiger partial charge in [-0.3, -0.25) is 10.1 Å². The largest absolute Gasteiger partial charge is 0.313 e. The van der Waals surface area contributed by atoms with E-state index in [4.69, 9.17) is 0 Å². The van der Waals surface area contributed by atoms with Crippen LogP contribution in [0.15, 0.2) is 48.5 Å². The summed E-state index contributed by atoms with van der Waals surface area (Å²) in [6, 6.07) is 13.4. The van der Waals surface area contributed by atoms with Crippen LogP contribution in [0.3, 0.4) is 0 Å². The van der Waals surface area contributed by atoms with Gasteiger partial charge >= 0.3 is 0 Å². The molecule has 5 heteroatoms. The Labute approximate surface area is 116 Å². The highest BCUT2D eigenvalue weighted by molar-refractivity contribution is 5.35. The van der Waals surface area contributed by atoms with E-state index in [1.165, 1.54) is 12.1 Å². The molecule has 2 aromatic carbocycles. The zero-order valence-electron chi connectivity index (χ0n) is 11.0. The maximum Gasteiger partial charge on any atom is 0.272 e. The summed E-state index contributed by atoms with van der Waals surface area (Å²) in [6.45, 7) is 0. The fraction of sp³-hybridized carbons (Fsp3) is 0.200. The minimum absolute atomic E-state index is 0.0350. The number of nitrogens with one attached hydrogen (secondary N) is 1. The third-order valence-electron chi connectivity index (χ3n) is 3.22. The molecule has 0 spiro atoms. The summed E-state index contributed by atoms with van der Waals surface area (Å²) in [5.74, 6) is -0.546. The van der Waals surface area contributed by atoms with Crippen molar-refractivity contribution in [3.63, 3.8) is 0 Å². The molecule has 0 radical (unpaired) electrons. The molecule has 4 nitrogen and oxygen atoms in total. The first kappa shape index (κ1) is 14.1. The topological polar surface area (TPSA) is 55.2 Å². The monoisotopic (exact) mass is 274 g/mol. The van der Waals surface area contributed by atoms with E-state index in [1.807, 2.05) is 30.3 Å². The molecule has 1 N–H and O–H groups in total. The first-order chi connectivity index (χ1) is 9.61. The van der Waals surface area contributed by atoms with Crippen LogP contribution in [-0.2, 0) is 6.42 Å². The molecule has 0 bridgehead atoms. The van der Waals surface area contributed by atoms with E-state index in [2.05, 4.69) is 5.32 Å². The second kappa shape index (κ2) is 6.25. The van der Waals surface area contributed by atoms with Crippen molar-refractivity contribution >= 4 is 5.69 Å². The fourth-order valence-corrected chi connectivity index (χ4v) is 2.11. The molecule has 0 fully saturated rings. The normalized spacial score (nSPS) is 12.1. The van der Waals surface area contributed by atoms with Gasteiger partial charge in [0.15, 0.2) is 0 Å². The highest BCUT2D eigenvalue weighted by Gasteiger charge is 2.15. The first-order valence-electron chi connectivity index (χ1n) is 6.27. The third kappa shape index (κ3) is 3.19. The van der Waals surface area contributed by atoms with Crippen LogP contribution in [-0.4, -0.2) is 12.0 Å². The predicted octanol–water partition coefficient (Wildman–Crippen LogP) is 3.24. The van der Waals surface area contributed by atoms with Crippen molar-refractivity contribution in [3.05, 3.63) is 75.6 Å².